The molecule has 0 radical (unpaired) electrons. The van der Waals surface area contributed by atoms with Gasteiger partial charge in [-0.2, -0.15) is 18.3 Å². The van der Waals surface area contributed by atoms with E-state index in [4.69, 9.17) is 4.74 Å². The molecule has 0 spiro atoms. The molecule has 3 rings (SSSR count). The quantitative estimate of drug-likeness (QED) is 0.318. The highest BCUT2D eigenvalue weighted by atomic mass is 19.4. The van der Waals surface area contributed by atoms with Crippen molar-refractivity contribution in [2.75, 3.05) is 5.32 Å². The van der Waals surface area contributed by atoms with E-state index in [1.807, 2.05) is 0 Å². The molecular weight excluding hydrogens is 487 g/mol. The van der Waals surface area contributed by atoms with Crippen molar-refractivity contribution in [3.05, 3.63) is 79.6 Å². The van der Waals surface area contributed by atoms with E-state index in [-0.39, 0.29) is 40.8 Å². The van der Waals surface area contributed by atoms with Crippen molar-refractivity contribution in [1.29, 1.82) is 0 Å². The minimum Gasteiger partial charge on any atom is -0.457 e. The molecule has 0 aliphatic carbocycles. The van der Waals surface area contributed by atoms with Crippen LogP contribution in [0.15, 0.2) is 42.5 Å². The molecule has 11 nitrogen and oxygen atoms in total. The molecule has 0 fully saturated rings. The van der Waals surface area contributed by atoms with Crippen LogP contribution in [0.2, 0.25) is 0 Å². The summed E-state index contributed by atoms with van der Waals surface area (Å²) in [6, 6.07) is 7.28. The number of hydrogen-bond acceptors (Lipinski definition) is 7. The lowest BCUT2D eigenvalue weighted by atomic mass is 10.1. The molecule has 1 unspecified atom stereocenters. The van der Waals surface area contributed by atoms with Gasteiger partial charge in [0.25, 0.3) is 5.69 Å². The third-order valence-corrected chi connectivity index (χ3v) is 5.19. The second-order valence-electron chi connectivity index (χ2n) is 7.95. The molecule has 1 amide bonds. The van der Waals surface area contributed by atoms with Crippen LogP contribution in [-0.4, -0.2) is 25.5 Å². The molecular formula is C22H20F3N5O6. The predicted molar refractivity (Wildman–Crippen MR) is 121 cm³/mol. The first-order valence-corrected chi connectivity index (χ1v) is 10.4. The maximum absolute atomic E-state index is 13.0. The number of aromatic nitrogens is 2. The van der Waals surface area contributed by atoms with Crippen molar-refractivity contribution in [2.24, 2.45) is 5.92 Å². The Balaban J connectivity index is 1.81. The van der Waals surface area contributed by atoms with Crippen molar-refractivity contribution >= 4 is 23.0 Å². The number of amides is 1. The maximum atomic E-state index is 13.0. The zero-order valence-corrected chi connectivity index (χ0v) is 19.2. The molecule has 2 aromatic carbocycles. The monoisotopic (exact) mass is 507 g/mol. The Labute approximate surface area is 201 Å². The number of ether oxygens (including phenoxy) is 1. The van der Waals surface area contributed by atoms with Gasteiger partial charge in [-0.3, -0.25) is 29.7 Å². The SMILES string of the molecule is Cc1nn(CC(C)C(=O)Nc2cc(Oc3cccc(C(F)(F)F)c3)cc([N+](=O)[O-])c2)c(C)c1[N+](=O)[O-]. The van der Waals surface area contributed by atoms with E-state index in [1.54, 1.807) is 0 Å². The van der Waals surface area contributed by atoms with Gasteiger partial charge in [0, 0.05) is 12.1 Å². The van der Waals surface area contributed by atoms with Gasteiger partial charge >= 0.3 is 11.9 Å². The maximum Gasteiger partial charge on any atom is 0.416 e. The van der Waals surface area contributed by atoms with Crippen molar-refractivity contribution < 1.29 is 32.5 Å². The van der Waals surface area contributed by atoms with Crippen LogP contribution < -0.4 is 10.1 Å². The van der Waals surface area contributed by atoms with Crippen LogP contribution in [0.5, 0.6) is 11.5 Å². The number of nitrogens with one attached hydrogen (secondary N) is 1. The van der Waals surface area contributed by atoms with Crippen LogP contribution in [-0.2, 0) is 17.5 Å². The van der Waals surface area contributed by atoms with E-state index in [1.165, 1.54) is 37.6 Å². The van der Waals surface area contributed by atoms with Crippen LogP contribution in [0.4, 0.5) is 30.2 Å². The summed E-state index contributed by atoms with van der Waals surface area (Å²) in [6.07, 6.45) is -4.61. The van der Waals surface area contributed by atoms with Gasteiger partial charge in [0.15, 0.2) is 0 Å². The molecule has 0 saturated carbocycles. The molecule has 190 valence electrons. The summed E-state index contributed by atoms with van der Waals surface area (Å²) < 4.78 is 45.6. The Hall–Kier alpha value is -4.49. The zero-order valence-electron chi connectivity index (χ0n) is 19.2. The van der Waals surface area contributed by atoms with Gasteiger partial charge in [0.05, 0.1) is 39.6 Å². The molecule has 1 atom stereocenters. The smallest absolute Gasteiger partial charge is 0.416 e. The lowest BCUT2D eigenvalue weighted by Crippen LogP contribution is -2.25. The van der Waals surface area contributed by atoms with E-state index in [0.717, 1.165) is 30.3 Å². The van der Waals surface area contributed by atoms with Crippen molar-refractivity contribution in [1.82, 2.24) is 9.78 Å². The standard InChI is InChI=1S/C22H20F3N5O6/c1-12(11-28-14(3)20(30(34)35)13(2)27-28)21(31)26-16-8-17(29(32)33)10-19(9-16)36-18-6-4-5-15(7-18)22(23,24)25/h4-10,12H,11H2,1-3H3,(H,26,31). The van der Waals surface area contributed by atoms with Gasteiger partial charge in [-0.15, -0.1) is 0 Å². The number of rotatable bonds is 8. The molecule has 36 heavy (non-hydrogen) atoms. The Kier molecular flexibility index (Phi) is 7.27. The van der Waals surface area contributed by atoms with Crippen molar-refractivity contribution in [3.63, 3.8) is 0 Å². The number of aryl methyl sites for hydroxylation is 1. The number of nitrogens with zero attached hydrogens (tertiary/aromatic N) is 4. The van der Waals surface area contributed by atoms with E-state index in [2.05, 4.69) is 10.4 Å². The first-order valence-electron chi connectivity index (χ1n) is 10.4. The second-order valence-corrected chi connectivity index (χ2v) is 7.95. The molecule has 1 N–H and O–H groups in total. The molecule has 14 heteroatoms. The summed E-state index contributed by atoms with van der Waals surface area (Å²) >= 11 is 0. The molecule has 0 saturated heterocycles. The summed E-state index contributed by atoms with van der Waals surface area (Å²) in [5.74, 6) is -1.70. The van der Waals surface area contributed by atoms with E-state index in [0.29, 0.717) is 0 Å². The number of carbonyl (C=O) groups is 1. The fourth-order valence-corrected chi connectivity index (χ4v) is 3.43. The van der Waals surface area contributed by atoms with Crippen LogP contribution in [0.25, 0.3) is 0 Å². The average molecular weight is 507 g/mol. The number of nitro groups is 2. The van der Waals surface area contributed by atoms with Crippen LogP contribution in [0.3, 0.4) is 0 Å². The Bertz CT molecular complexity index is 1340. The molecule has 0 aliphatic heterocycles. The predicted octanol–water partition coefficient (Wildman–Crippen LogP) is 5.40. The third-order valence-electron chi connectivity index (χ3n) is 5.19. The van der Waals surface area contributed by atoms with Gasteiger partial charge in [0.2, 0.25) is 5.91 Å². The number of nitro benzene ring substituents is 1. The number of non-ortho nitro benzene ring substituents is 1. The van der Waals surface area contributed by atoms with E-state index in [9.17, 15) is 38.2 Å². The molecule has 0 bridgehead atoms. The molecule has 3 aromatic rings. The summed E-state index contributed by atoms with van der Waals surface area (Å²) in [5, 5.41) is 29.1. The fraction of sp³-hybridized carbons (Fsp3) is 0.273. The van der Waals surface area contributed by atoms with Crippen LogP contribution >= 0.6 is 0 Å². The number of benzene rings is 2. The van der Waals surface area contributed by atoms with Crippen molar-refractivity contribution in [2.45, 2.75) is 33.5 Å². The Morgan fingerprint density at radius 2 is 1.81 bits per heavy atom. The summed E-state index contributed by atoms with van der Waals surface area (Å²) in [4.78, 5) is 34.0. The second kappa shape index (κ2) is 10.0. The molecule has 1 aromatic heterocycles. The highest BCUT2D eigenvalue weighted by molar-refractivity contribution is 5.92. The van der Waals surface area contributed by atoms with Crippen molar-refractivity contribution in [3.8, 4) is 11.5 Å². The summed E-state index contributed by atoms with van der Waals surface area (Å²) in [7, 11) is 0. The van der Waals surface area contributed by atoms with Gasteiger partial charge < -0.3 is 10.1 Å². The number of halogens is 3. The minimum absolute atomic E-state index is 0.00509. The summed E-state index contributed by atoms with van der Waals surface area (Å²) in [5.41, 5.74) is -1.14. The topological polar surface area (TPSA) is 142 Å². The average Bonchev–Trinajstić information content (AvgIpc) is 3.05. The highest BCUT2D eigenvalue weighted by Gasteiger charge is 2.31. The molecule has 1 heterocycles. The lowest BCUT2D eigenvalue weighted by molar-refractivity contribution is -0.386. The normalized spacial score (nSPS) is 12.2. The zero-order chi connectivity index (χ0) is 26.8. The number of hydrogen-bond donors (Lipinski definition) is 1. The van der Waals surface area contributed by atoms with E-state index < -0.39 is 39.1 Å². The highest BCUT2D eigenvalue weighted by Crippen LogP contribution is 2.34. The van der Waals surface area contributed by atoms with Crippen LogP contribution in [0, 0.1) is 40.0 Å². The Morgan fingerprint density at radius 1 is 1.11 bits per heavy atom. The first kappa shape index (κ1) is 26.1. The molecule has 0 aliphatic rings. The third kappa shape index (κ3) is 5.95. The van der Waals surface area contributed by atoms with Gasteiger partial charge in [0.1, 0.15) is 22.9 Å². The number of carbonyl (C=O) groups excluding carboxylic acids is 1. The van der Waals surface area contributed by atoms with Gasteiger partial charge in [-0.25, -0.2) is 0 Å². The van der Waals surface area contributed by atoms with Gasteiger partial charge in [-0.05, 0) is 32.0 Å². The Morgan fingerprint density at radius 3 is 2.39 bits per heavy atom. The summed E-state index contributed by atoms with van der Waals surface area (Å²) in [6.45, 7) is 4.51. The fourth-order valence-electron chi connectivity index (χ4n) is 3.43. The van der Waals surface area contributed by atoms with Crippen LogP contribution in [0.1, 0.15) is 23.9 Å². The van der Waals surface area contributed by atoms with E-state index >= 15 is 0 Å². The minimum atomic E-state index is -4.61. The lowest BCUT2D eigenvalue weighted by Gasteiger charge is -2.14. The largest absolute Gasteiger partial charge is 0.457 e. The first-order chi connectivity index (χ1) is 16.8. The number of alkyl halides is 3. The number of anilines is 1. The van der Waals surface area contributed by atoms with Gasteiger partial charge in [-0.1, -0.05) is 13.0 Å².